The van der Waals surface area contributed by atoms with Crippen LogP contribution in [-0.4, -0.2) is 47.3 Å². The quantitative estimate of drug-likeness (QED) is 0.763. The van der Waals surface area contributed by atoms with Gasteiger partial charge in [0.15, 0.2) is 0 Å². The molecule has 1 aromatic rings. The highest BCUT2D eigenvalue weighted by Crippen LogP contribution is 2.34. The Balaban J connectivity index is 1.78. The van der Waals surface area contributed by atoms with E-state index >= 15 is 0 Å². The molecule has 152 valence electrons. The number of urea groups is 1. The van der Waals surface area contributed by atoms with E-state index < -0.39 is 11.6 Å². The predicted octanol–water partition coefficient (Wildman–Crippen LogP) is 3.42. The third-order valence-corrected chi connectivity index (χ3v) is 5.85. The number of rotatable bonds is 6. The lowest BCUT2D eigenvalue weighted by Crippen LogP contribution is -2.46. The SMILES string of the molecule is CCCCC1(c2ccccc2)NC(=O)N(CC(=O)N2CCCCCCC2)C1=O. The number of benzene rings is 1. The molecule has 4 amide bonds. The second kappa shape index (κ2) is 9.22. The second-order valence-electron chi connectivity index (χ2n) is 7.84. The highest BCUT2D eigenvalue weighted by atomic mass is 16.2. The van der Waals surface area contributed by atoms with E-state index in [1.165, 1.54) is 6.42 Å². The Labute approximate surface area is 167 Å². The molecule has 6 nitrogen and oxygen atoms in total. The summed E-state index contributed by atoms with van der Waals surface area (Å²) in [6.07, 6.45) is 7.70. The molecule has 0 saturated carbocycles. The van der Waals surface area contributed by atoms with Crippen molar-refractivity contribution < 1.29 is 14.4 Å². The van der Waals surface area contributed by atoms with Crippen molar-refractivity contribution >= 4 is 17.8 Å². The molecule has 1 aromatic carbocycles. The van der Waals surface area contributed by atoms with Crippen molar-refractivity contribution in [3.8, 4) is 0 Å². The van der Waals surface area contributed by atoms with Crippen molar-refractivity contribution in [1.82, 2.24) is 15.1 Å². The summed E-state index contributed by atoms with van der Waals surface area (Å²) in [7, 11) is 0. The van der Waals surface area contributed by atoms with E-state index in [0.717, 1.165) is 49.0 Å². The fourth-order valence-corrected chi connectivity index (χ4v) is 4.18. The van der Waals surface area contributed by atoms with Crippen LogP contribution in [-0.2, 0) is 15.1 Å². The summed E-state index contributed by atoms with van der Waals surface area (Å²) in [6, 6.07) is 8.91. The van der Waals surface area contributed by atoms with E-state index in [0.29, 0.717) is 19.5 Å². The van der Waals surface area contributed by atoms with Crippen LogP contribution in [0.2, 0.25) is 0 Å². The number of hydrogen-bond donors (Lipinski definition) is 1. The molecular formula is C22H31N3O3. The average molecular weight is 386 g/mol. The van der Waals surface area contributed by atoms with Gasteiger partial charge < -0.3 is 10.2 Å². The van der Waals surface area contributed by atoms with Crippen molar-refractivity contribution in [2.24, 2.45) is 0 Å². The summed E-state index contributed by atoms with van der Waals surface area (Å²) >= 11 is 0. The molecule has 2 heterocycles. The fraction of sp³-hybridized carbons (Fsp3) is 0.591. The smallest absolute Gasteiger partial charge is 0.325 e. The first kappa shape index (κ1) is 20.4. The highest BCUT2D eigenvalue weighted by Gasteiger charge is 2.52. The van der Waals surface area contributed by atoms with E-state index in [-0.39, 0.29) is 18.4 Å². The van der Waals surface area contributed by atoms with E-state index in [4.69, 9.17) is 0 Å². The third-order valence-electron chi connectivity index (χ3n) is 5.85. The summed E-state index contributed by atoms with van der Waals surface area (Å²) in [5.41, 5.74) is -0.284. The van der Waals surface area contributed by atoms with Crippen LogP contribution < -0.4 is 5.32 Å². The molecule has 1 N–H and O–H groups in total. The summed E-state index contributed by atoms with van der Waals surface area (Å²) in [6.45, 7) is 3.30. The van der Waals surface area contributed by atoms with Gasteiger partial charge in [-0.05, 0) is 24.8 Å². The first-order valence-corrected chi connectivity index (χ1v) is 10.6. The minimum atomic E-state index is -1.06. The molecule has 6 heteroatoms. The van der Waals surface area contributed by atoms with Gasteiger partial charge in [0.05, 0.1) is 0 Å². The molecule has 1 unspecified atom stereocenters. The van der Waals surface area contributed by atoms with Crippen molar-refractivity contribution in [3.05, 3.63) is 35.9 Å². The standard InChI is InChI=1S/C22H31N3O3/c1-2-3-14-22(18-12-8-7-9-13-18)20(27)25(21(28)23-22)17-19(26)24-15-10-5-4-6-11-16-24/h7-9,12-13H,2-6,10-11,14-17H2,1H3,(H,23,28). The maximum atomic E-state index is 13.4. The zero-order valence-corrected chi connectivity index (χ0v) is 16.8. The number of amides is 4. The minimum absolute atomic E-state index is 0.134. The number of nitrogens with one attached hydrogen (secondary N) is 1. The average Bonchev–Trinajstić information content (AvgIpc) is 2.92. The largest absolute Gasteiger partial charge is 0.341 e. The molecule has 0 aromatic heterocycles. The van der Waals surface area contributed by atoms with Crippen molar-refractivity contribution in [1.29, 1.82) is 0 Å². The highest BCUT2D eigenvalue weighted by molar-refractivity contribution is 6.09. The second-order valence-corrected chi connectivity index (χ2v) is 7.84. The van der Waals surface area contributed by atoms with Gasteiger partial charge in [-0.15, -0.1) is 0 Å². The summed E-state index contributed by atoms with van der Waals surface area (Å²) in [5, 5.41) is 2.92. The molecule has 3 rings (SSSR count). The Kier molecular flexibility index (Phi) is 6.70. The van der Waals surface area contributed by atoms with E-state index in [1.54, 1.807) is 0 Å². The van der Waals surface area contributed by atoms with Crippen molar-refractivity contribution in [2.45, 2.75) is 63.8 Å². The molecule has 1 atom stereocenters. The minimum Gasteiger partial charge on any atom is -0.341 e. The zero-order chi connectivity index (χ0) is 20.0. The molecule has 0 spiro atoms. The Hall–Kier alpha value is -2.37. The number of carbonyl (C=O) groups excluding carboxylic acids is 3. The maximum absolute atomic E-state index is 13.4. The van der Waals surface area contributed by atoms with Gasteiger partial charge in [0.25, 0.3) is 5.91 Å². The molecule has 2 aliphatic heterocycles. The number of unbranched alkanes of at least 4 members (excludes halogenated alkanes) is 1. The number of carbonyl (C=O) groups is 3. The van der Waals surface area contributed by atoms with Crippen LogP contribution in [0.4, 0.5) is 4.79 Å². The van der Waals surface area contributed by atoms with Crippen LogP contribution in [0.1, 0.15) is 63.9 Å². The first-order valence-electron chi connectivity index (χ1n) is 10.6. The number of hydrogen-bond acceptors (Lipinski definition) is 3. The van der Waals surface area contributed by atoms with E-state index in [2.05, 4.69) is 12.2 Å². The van der Waals surface area contributed by atoms with Gasteiger partial charge in [0.2, 0.25) is 5.91 Å². The molecule has 0 bridgehead atoms. The van der Waals surface area contributed by atoms with Gasteiger partial charge in [0.1, 0.15) is 12.1 Å². The van der Waals surface area contributed by atoms with Crippen LogP contribution in [0.25, 0.3) is 0 Å². The van der Waals surface area contributed by atoms with Crippen LogP contribution in [0.3, 0.4) is 0 Å². The van der Waals surface area contributed by atoms with Gasteiger partial charge in [-0.1, -0.05) is 69.4 Å². The zero-order valence-electron chi connectivity index (χ0n) is 16.8. The topological polar surface area (TPSA) is 69.7 Å². The van der Waals surface area contributed by atoms with Crippen LogP contribution in [0.15, 0.2) is 30.3 Å². The lowest BCUT2D eigenvalue weighted by atomic mass is 9.85. The molecule has 0 radical (unpaired) electrons. The molecule has 2 aliphatic rings. The van der Waals surface area contributed by atoms with E-state index in [1.807, 2.05) is 35.2 Å². The van der Waals surface area contributed by atoms with Gasteiger partial charge in [-0.25, -0.2) is 4.79 Å². The number of likely N-dealkylation sites (tertiary alicyclic amines) is 1. The summed E-state index contributed by atoms with van der Waals surface area (Å²) in [5.74, 6) is -0.442. The summed E-state index contributed by atoms with van der Waals surface area (Å²) in [4.78, 5) is 41.8. The predicted molar refractivity (Wildman–Crippen MR) is 108 cm³/mol. The molecule has 0 aliphatic carbocycles. The number of nitrogens with zero attached hydrogens (tertiary/aromatic N) is 2. The van der Waals surface area contributed by atoms with Crippen molar-refractivity contribution in [2.75, 3.05) is 19.6 Å². The molecular weight excluding hydrogens is 354 g/mol. The van der Waals surface area contributed by atoms with Crippen molar-refractivity contribution in [3.63, 3.8) is 0 Å². The first-order chi connectivity index (χ1) is 13.6. The Bertz CT molecular complexity index is 698. The Morgan fingerprint density at radius 2 is 1.68 bits per heavy atom. The maximum Gasteiger partial charge on any atom is 0.325 e. The monoisotopic (exact) mass is 385 g/mol. The van der Waals surface area contributed by atoms with Gasteiger partial charge >= 0.3 is 6.03 Å². The van der Waals surface area contributed by atoms with Gasteiger partial charge in [0, 0.05) is 13.1 Å². The lowest BCUT2D eigenvalue weighted by molar-refractivity contribution is -0.139. The molecule has 28 heavy (non-hydrogen) atoms. The van der Waals surface area contributed by atoms with Crippen LogP contribution in [0.5, 0.6) is 0 Å². The fourth-order valence-electron chi connectivity index (χ4n) is 4.18. The normalized spacial score (nSPS) is 23.3. The molecule has 2 fully saturated rings. The lowest BCUT2D eigenvalue weighted by Gasteiger charge is -2.28. The van der Waals surface area contributed by atoms with Crippen LogP contribution in [0, 0.1) is 0 Å². The third kappa shape index (κ3) is 4.21. The summed E-state index contributed by atoms with van der Waals surface area (Å²) < 4.78 is 0. The Morgan fingerprint density at radius 3 is 2.32 bits per heavy atom. The van der Waals surface area contributed by atoms with E-state index in [9.17, 15) is 14.4 Å². The van der Waals surface area contributed by atoms with Gasteiger partial charge in [-0.2, -0.15) is 0 Å². The van der Waals surface area contributed by atoms with Gasteiger partial charge in [-0.3, -0.25) is 14.5 Å². The number of imide groups is 1. The Morgan fingerprint density at radius 1 is 1.04 bits per heavy atom. The van der Waals surface area contributed by atoms with Crippen LogP contribution >= 0.6 is 0 Å². The molecule has 2 saturated heterocycles.